The van der Waals surface area contributed by atoms with Crippen LogP contribution in [-0.4, -0.2) is 153 Å². The molecule has 3 rings (SSSR count). The van der Waals surface area contributed by atoms with Gasteiger partial charge in [-0.1, -0.05) is 70.9 Å². The summed E-state index contributed by atoms with van der Waals surface area (Å²) in [6, 6.07) is -8.71. The molecule has 3 aliphatic rings. The summed E-state index contributed by atoms with van der Waals surface area (Å²) in [5.74, 6) is -7.30. The Kier molecular flexibility index (Phi) is 20.1. The van der Waals surface area contributed by atoms with E-state index in [1.165, 1.54) is 23.6 Å². The fourth-order valence-corrected chi connectivity index (χ4v) is 11.5. The SMILES string of the molecule is CC(=O)N[C@@H]1CSSC[C@@H](NC(C)=O)C(=O)N2CCC[C@@H]2C(=O)N[C@H](C(C)C)C(=O)N[C@H](C(N)=O)CSSC[C@@H](C(N)=O)NC(=O)[C@@H](C(C)C)NC(=O)[C@H]2CCCN2C1=O. The number of carbonyl (C=O) groups excluding carboxylic acids is 10. The molecule has 0 aliphatic carbocycles. The maximum absolute atomic E-state index is 13.9. The molecule has 8 atom stereocenters. The lowest BCUT2D eigenvalue weighted by atomic mass is 10.0. The van der Waals surface area contributed by atoms with Crippen molar-refractivity contribution in [2.24, 2.45) is 23.3 Å². The van der Waals surface area contributed by atoms with Gasteiger partial charge in [0.1, 0.15) is 48.3 Å². The number of hydrogen-bond acceptors (Lipinski definition) is 14. The molecule has 10 N–H and O–H groups in total. The van der Waals surface area contributed by atoms with E-state index in [0.29, 0.717) is 12.8 Å². The molecule has 3 saturated heterocycles. The normalized spacial score (nSPS) is 28.9. The minimum absolute atomic E-state index is 0.0285. The van der Waals surface area contributed by atoms with Crippen LogP contribution in [-0.2, 0) is 47.9 Å². The van der Waals surface area contributed by atoms with Gasteiger partial charge in [-0.15, -0.1) is 0 Å². The van der Waals surface area contributed by atoms with Gasteiger partial charge < -0.3 is 53.2 Å². The first-order chi connectivity index (χ1) is 28.2. The van der Waals surface area contributed by atoms with Gasteiger partial charge in [-0.05, 0) is 37.5 Å². The van der Waals surface area contributed by atoms with Crippen LogP contribution in [0.25, 0.3) is 0 Å². The first kappa shape index (κ1) is 50.5. The van der Waals surface area contributed by atoms with E-state index >= 15 is 0 Å². The molecule has 336 valence electrons. The predicted molar refractivity (Wildman–Crippen MR) is 230 cm³/mol. The van der Waals surface area contributed by atoms with Crippen LogP contribution in [0.2, 0.25) is 0 Å². The highest BCUT2D eigenvalue weighted by molar-refractivity contribution is 8.77. The van der Waals surface area contributed by atoms with Crippen LogP contribution >= 0.6 is 43.2 Å². The second kappa shape index (κ2) is 23.9. The zero-order valence-corrected chi connectivity index (χ0v) is 37.9. The molecule has 0 unspecified atom stereocenters. The highest BCUT2D eigenvalue weighted by Crippen LogP contribution is 2.28. The number of nitrogens with zero attached hydrogens (tertiary/aromatic N) is 2. The summed E-state index contributed by atoms with van der Waals surface area (Å²) in [6.45, 7) is 9.70. The molecular formula is C36H58N10O10S4. The van der Waals surface area contributed by atoms with E-state index in [0.717, 1.165) is 43.2 Å². The first-order valence-corrected chi connectivity index (χ1v) is 24.6. The van der Waals surface area contributed by atoms with Crippen LogP contribution in [0.4, 0.5) is 0 Å². The van der Waals surface area contributed by atoms with Crippen molar-refractivity contribution in [1.82, 2.24) is 41.7 Å². The van der Waals surface area contributed by atoms with E-state index in [1.807, 2.05) is 0 Å². The second-order valence-corrected chi connectivity index (χ2v) is 20.5. The van der Waals surface area contributed by atoms with E-state index in [2.05, 4.69) is 31.9 Å². The number of rotatable bonds is 6. The van der Waals surface area contributed by atoms with Crippen molar-refractivity contribution in [3.8, 4) is 0 Å². The molecule has 0 aromatic carbocycles. The summed E-state index contributed by atoms with van der Waals surface area (Å²) < 4.78 is 0. The quantitative estimate of drug-likeness (QED) is 0.134. The summed E-state index contributed by atoms with van der Waals surface area (Å²) >= 11 is 0. The highest BCUT2D eigenvalue weighted by Gasteiger charge is 2.41. The third kappa shape index (κ3) is 14.6. The average molecular weight is 919 g/mol. The molecule has 0 aromatic heterocycles. The van der Waals surface area contributed by atoms with Gasteiger partial charge in [-0.3, -0.25) is 47.9 Å². The Bertz CT molecular complexity index is 1520. The number of nitrogens with two attached hydrogens (primary N) is 2. The smallest absolute Gasteiger partial charge is 0.246 e. The zero-order valence-electron chi connectivity index (χ0n) is 34.6. The fourth-order valence-electron chi connectivity index (χ4n) is 6.79. The molecule has 0 aromatic rings. The van der Waals surface area contributed by atoms with Gasteiger partial charge in [0.25, 0.3) is 0 Å². The van der Waals surface area contributed by atoms with Crippen molar-refractivity contribution in [2.45, 2.75) is 116 Å². The number of hydrogen-bond donors (Lipinski definition) is 8. The minimum atomic E-state index is -1.20. The summed E-state index contributed by atoms with van der Waals surface area (Å²) in [5.41, 5.74) is 11.2. The van der Waals surface area contributed by atoms with Gasteiger partial charge in [-0.25, -0.2) is 0 Å². The van der Waals surface area contributed by atoms with Crippen LogP contribution in [0.5, 0.6) is 0 Å². The molecule has 0 spiro atoms. The predicted octanol–water partition coefficient (Wildman–Crippen LogP) is -2.02. The van der Waals surface area contributed by atoms with Crippen LogP contribution in [0.3, 0.4) is 0 Å². The van der Waals surface area contributed by atoms with Crippen LogP contribution in [0, 0.1) is 11.8 Å². The average Bonchev–Trinajstić information content (AvgIpc) is 3.86. The Hall–Kier alpha value is -3.90. The third-order valence-corrected chi connectivity index (χ3v) is 14.8. The van der Waals surface area contributed by atoms with Crippen LogP contribution in [0.1, 0.15) is 67.2 Å². The zero-order chi connectivity index (χ0) is 44.8. The van der Waals surface area contributed by atoms with E-state index < -0.39 is 119 Å². The maximum atomic E-state index is 13.9. The molecule has 3 heterocycles. The Labute approximate surface area is 365 Å². The van der Waals surface area contributed by atoms with Gasteiger partial charge in [-0.2, -0.15) is 0 Å². The van der Waals surface area contributed by atoms with Gasteiger partial charge in [0, 0.05) is 49.9 Å². The molecule has 60 heavy (non-hydrogen) atoms. The van der Waals surface area contributed by atoms with Gasteiger partial charge in [0.15, 0.2) is 0 Å². The highest BCUT2D eigenvalue weighted by atomic mass is 33.1. The van der Waals surface area contributed by atoms with Gasteiger partial charge in [0.05, 0.1) is 0 Å². The van der Waals surface area contributed by atoms with Crippen molar-refractivity contribution in [3.05, 3.63) is 0 Å². The van der Waals surface area contributed by atoms with E-state index in [1.54, 1.807) is 27.7 Å². The fraction of sp³-hybridized carbons (Fsp3) is 0.722. The lowest BCUT2D eigenvalue weighted by molar-refractivity contribution is -0.141. The molecule has 24 heteroatoms. The lowest BCUT2D eigenvalue weighted by Crippen LogP contribution is -2.59. The number of fused-ring (bicyclic) bond motifs is 2. The molecular weight excluding hydrogens is 861 g/mol. The van der Waals surface area contributed by atoms with Crippen LogP contribution in [0.15, 0.2) is 0 Å². The Morgan fingerprint density at radius 2 is 0.900 bits per heavy atom. The number of nitrogens with one attached hydrogen (secondary N) is 6. The lowest BCUT2D eigenvalue weighted by Gasteiger charge is -2.31. The van der Waals surface area contributed by atoms with E-state index in [9.17, 15) is 47.9 Å². The first-order valence-electron chi connectivity index (χ1n) is 19.7. The largest absolute Gasteiger partial charge is 0.368 e. The molecule has 10 amide bonds. The van der Waals surface area contributed by atoms with E-state index in [-0.39, 0.29) is 48.9 Å². The number of primary amides is 2. The number of carbonyl (C=O) groups is 10. The standard InChI is InChI=1S/C36H58N10O10S4/c1-17(2)27-33(53)41-21(29(37)49)13-57-58-14-22(30(38)50)42-34(54)28(18(3)4)44-32(52)26-10-8-12-46(26)36(56)24(40-20(6)48)16-60-59-15-23(39-19(5)47)35(55)45-11-7-9-25(45)31(51)43-27/h17-18,21-28H,7-16H2,1-6H3,(H2,37,49)(H2,38,50)(H,39,47)(H,40,48)(H,41,53)(H,42,54)(H,43,51)(H,44,52)/t21-,22-,23+,24+,25+,26+,27+,28+/m0/s1. The molecule has 3 aliphatic heterocycles. The van der Waals surface area contributed by atoms with Crippen molar-refractivity contribution in [3.63, 3.8) is 0 Å². The monoisotopic (exact) mass is 918 g/mol. The second-order valence-electron chi connectivity index (χ2n) is 15.4. The molecule has 20 nitrogen and oxygen atoms in total. The van der Waals surface area contributed by atoms with Crippen molar-refractivity contribution in [1.29, 1.82) is 0 Å². The summed E-state index contributed by atoms with van der Waals surface area (Å²) in [6.07, 6.45) is 1.53. The maximum Gasteiger partial charge on any atom is 0.246 e. The Morgan fingerprint density at radius 1 is 0.567 bits per heavy atom. The van der Waals surface area contributed by atoms with Crippen molar-refractivity contribution < 1.29 is 47.9 Å². The summed E-state index contributed by atoms with van der Waals surface area (Å²) in [7, 11) is 4.47. The van der Waals surface area contributed by atoms with E-state index in [4.69, 9.17) is 11.5 Å². The number of amides is 10. The Balaban J connectivity index is 1.95. The van der Waals surface area contributed by atoms with Crippen LogP contribution < -0.4 is 43.4 Å². The van der Waals surface area contributed by atoms with Gasteiger partial charge >= 0.3 is 0 Å². The third-order valence-electron chi connectivity index (χ3n) is 9.95. The Morgan fingerprint density at radius 3 is 1.20 bits per heavy atom. The van der Waals surface area contributed by atoms with Gasteiger partial charge in [0.2, 0.25) is 59.1 Å². The summed E-state index contributed by atoms with van der Waals surface area (Å²) in [4.78, 5) is 134. The minimum Gasteiger partial charge on any atom is -0.368 e. The molecule has 0 radical (unpaired) electrons. The van der Waals surface area contributed by atoms with Crippen molar-refractivity contribution in [2.75, 3.05) is 36.1 Å². The molecule has 0 saturated carbocycles. The van der Waals surface area contributed by atoms with Crippen molar-refractivity contribution >= 4 is 102 Å². The molecule has 3 fully saturated rings. The molecule has 0 bridgehead atoms. The summed E-state index contributed by atoms with van der Waals surface area (Å²) in [5, 5.41) is 15.9. The topological polar surface area (TPSA) is 301 Å².